The molecule has 0 radical (unpaired) electrons. The van der Waals surface area contributed by atoms with Gasteiger partial charge in [-0.05, 0) is 37.6 Å². The minimum atomic E-state index is -5.17. The number of carbonyl (C=O) groups excluding carboxylic acids is 1. The van der Waals surface area contributed by atoms with Crippen LogP contribution in [-0.2, 0) is 16.6 Å². The molecule has 0 spiro atoms. The van der Waals surface area contributed by atoms with Gasteiger partial charge in [0.1, 0.15) is 22.4 Å². The first-order chi connectivity index (χ1) is 14.1. The zero-order valence-corrected chi connectivity index (χ0v) is 16.7. The second-order valence-corrected chi connectivity index (χ2v) is 8.18. The summed E-state index contributed by atoms with van der Waals surface area (Å²) in [4.78, 5) is 11.0. The molecule has 14 heteroatoms. The number of sulfonamides is 1. The van der Waals surface area contributed by atoms with Crippen LogP contribution in [-0.4, -0.2) is 37.5 Å². The maximum Gasteiger partial charge on any atom is 0.404 e. The molecule has 2 rings (SSSR count). The second kappa shape index (κ2) is 8.86. The fourth-order valence-electron chi connectivity index (χ4n) is 2.49. The van der Waals surface area contributed by atoms with Crippen molar-refractivity contribution in [1.82, 2.24) is 9.29 Å². The van der Waals surface area contributed by atoms with E-state index in [-0.39, 0.29) is 15.8 Å². The van der Waals surface area contributed by atoms with Crippen molar-refractivity contribution >= 4 is 21.6 Å². The summed E-state index contributed by atoms with van der Waals surface area (Å²) in [5.74, 6) is -3.81. The number of aromatic nitrogens is 1. The topological polar surface area (TPSA) is 80.2 Å². The molecule has 172 valence electrons. The number of nitrogens with one attached hydrogen (secondary N) is 2. The summed E-state index contributed by atoms with van der Waals surface area (Å²) in [5.41, 5.74) is -1.11. The number of halogens is 7. The van der Waals surface area contributed by atoms with Gasteiger partial charge in [-0.3, -0.25) is 4.79 Å². The van der Waals surface area contributed by atoms with Crippen molar-refractivity contribution in [2.24, 2.45) is 0 Å². The van der Waals surface area contributed by atoms with E-state index in [2.05, 4.69) is 5.32 Å². The van der Waals surface area contributed by atoms with Gasteiger partial charge in [0, 0.05) is 11.9 Å². The highest BCUT2D eigenvalue weighted by Gasteiger charge is 2.40. The van der Waals surface area contributed by atoms with E-state index in [1.807, 2.05) is 0 Å². The average molecular weight is 475 g/mol. The number of alkyl halides is 5. The Labute approximate surface area is 172 Å². The molecule has 31 heavy (non-hydrogen) atoms. The number of hydrogen-bond acceptors (Lipinski definition) is 3. The fraction of sp³-hybridized carbons (Fsp3) is 0.353. The third kappa shape index (κ3) is 5.76. The van der Waals surface area contributed by atoms with Crippen LogP contribution in [0.3, 0.4) is 0 Å². The Bertz CT molecular complexity index is 1080. The van der Waals surface area contributed by atoms with Crippen LogP contribution in [0.4, 0.5) is 36.4 Å². The van der Waals surface area contributed by atoms with Crippen molar-refractivity contribution in [2.45, 2.75) is 43.9 Å². The van der Waals surface area contributed by atoms with E-state index in [1.165, 1.54) is 11.6 Å². The van der Waals surface area contributed by atoms with Gasteiger partial charge in [-0.1, -0.05) is 0 Å². The highest BCUT2D eigenvalue weighted by molar-refractivity contribution is 7.89. The van der Waals surface area contributed by atoms with Gasteiger partial charge in [-0.25, -0.2) is 26.0 Å². The molecule has 0 aliphatic carbocycles. The summed E-state index contributed by atoms with van der Waals surface area (Å²) in [6.45, 7) is 0.492. The quantitative estimate of drug-likeness (QED) is 0.598. The van der Waals surface area contributed by atoms with E-state index < -0.39 is 63.3 Å². The zero-order chi connectivity index (χ0) is 23.7. The van der Waals surface area contributed by atoms with Crippen molar-refractivity contribution in [1.29, 1.82) is 0 Å². The van der Waals surface area contributed by atoms with Crippen LogP contribution in [0.15, 0.2) is 29.3 Å². The van der Waals surface area contributed by atoms with Gasteiger partial charge in [0.25, 0.3) is 12.3 Å². The van der Waals surface area contributed by atoms with Crippen molar-refractivity contribution in [2.75, 3.05) is 5.32 Å². The Morgan fingerprint density at radius 2 is 1.81 bits per heavy atom. The molecule has 2 aromatic rings. The molecule has 0 saturated heterocycles. The molecule has 6 nitrogen and oxygen atoms in total. The van der Waals surface area contributed by atoms with Gasteiger partial charge in [0.2, 0.25) is 10.0 Å². The van der Waals surface area contributed by atoms with Crippen LogP contribution in [0.2, 0.25) is 0 Å². The molecule has 0 saturated carbocycles. The molecule has 1 aromatic heterocycles. The molecule has 0 fully saturated rings. The van der Waals surface area contributed by atoms with Crippen LogP contribution in [0.5, 0.6) is 0 Å². The molecule has 2 N–H and O–H groups in total. The van der Waals surface area contributed by atoms with Crippen LogP contribution in [0.1, 0.15) is 23.0 Å². The van der Waals surface area contributed by atoms with Crippen LogP contribution < -0.4 is 10.0 Å². The predicted octanol–water partition coefficient (Wildman–Crippen LogP) is 3.82. The Hall–Kier alpha value is -2.61. The van der Waals surface area contributed by atoms with E-state index in [0.717, 1.165) is 18.2 Å². The van der Waals surface area contributed by atoms with E-state index in [4.69, 9.17) is 0 Å². The van der Waals surface area contributed by atoms with E-state index >= 15 is 0 Å². The molecule has 0 aliphatic rings. The lowest BCUT2D eigenvalue weighted by atomic mass is 10.2. The van der Waals surface area contributed by atoms with Gasteiger partial charge >= 0.3 is 6.18 Å². The summed E-state index contributed by atoms with van der Waals surface area (Å²) >= 11 is 0. The molecular formula is C17H16F7N3O3S. The maximum absolute atomic E-state index is 14.8. The predicted molar refractivity (Wildman–Crippen MR) is 95.3 cm³/mol. The number of hydrogen-bond donors (Lipinski definition) is 2. The number of anilines is 1. The van der Waals surface area contributed by atoms with E-state index in [1.54, 1.807) is 0 Å². The summed E-state index contributed by atoms with van der Waals surface area (Å²) in [6, 6.07) is 0.589. The van der Waals surface area contributed by atoms with Crippen LogP contribution >= 0.6 is 0 Å². The number of rotatable bonds is 7. The second-order valence-electron chi connectivity index (χ2n) is 6.50. The molecule has 1 heterocycles. The average Bonchev–Trinajstić information content (AvgIpc) is 2.93. The van der Waals surface area contributed by atoms with Gasteiger partial charge < -0.3 is 9.88 Å². The maximum atomic E-state index is 14.8. The van der Waals surface area contributed by atoms with Gasteiger partial charge in [0.05, 0.1) is 6.54 Å². The van der Waals surface area contributed by atoms with Crippen molar-refractivity contribution in [3.8, 4) is 0 Å². The largest absolute Gasteiger partial charge is 0.404 e. The van der Waals surface area contributed by atoms with Crippen LogP contribution in [0.25, 0.3) is 0 Å². The Kier molecular flexibility index (Phi) is 7.05. The minimum Gasteiger partial charge on any atom is -0.334 e. The minimum absolute atomic E-state index is 0.0543. The monoisotopic (exact) mass is 475 g/mol. The van der Waals surface area contributed by atoms with Crippen LogP contribution in [0, 0.1) is 18.6 Å². The Morgan fingerprint density at radius 1 is 1.19 bits per heavy atom. The molecule has 1 aromatic carbocycles. The van der Waals surface area contributed by atoms with Gasteiger partial charge in [0.15, 0.2) is 5.82 Å². The highest BCUT2D eigenvalue weighted by atomic mass is 32.2. The number of carbonyl (C=O) groups is 1. The highest BCUT2D eigenvalue weighted by Crippen LogP contribution is 2.26. The third-order valence-corrected chi connectivity index (χ3v) is 5.59. The van der Waals surface area contributed by atoms with Crippen molar-refractivity contribution in [3.05, 3.63) is 47.3 Å². The first kappa shape index (κ1) is 24.7. The van der Waals surface area contributed by atoms with Gasteiger partial charge in [-0.2, -0.15) is 17.9 Å². The molecular weight excluding hydrogens is 459 g/mol. The van der Waals surface area contributed by atoms with Crippen molar-refractivity contribution < 1.29 is 43.9 Å². The fourth-order valence-corrected chi connectivity index (χ4v) is 3.82. The normalized spacial score (nSPS) is 13.5. The first-order valence-electron chi connectivity index (χ1n) is 8.46. The first-order valence-corrected chi connectivity index (χ1v) is 9.95. The third-order valence-electron chi connectivity index (χ3n) is 4.06. The summed E-state index contributed by atoms with van der Waals surface area (Å²) in [5, 5.41) is 2.10. The number of nitrogens with zero attached hydrogens (tertiary/aromatic N) is 1. The zero-order valence-electron chi connectivity index (χ0n) is 15.9. The summed E-state index contributed by atoms with van der Waals surface area (Å²) in [6.07, 6.45) is -7.85. The Morgan fingerprint density at radius 3 is 2.32 bits per heavy atom. The van der Waals surface area contributed by atoms with Crippen molar-refractivity contribution in [3.63, 3.8) is 0 Å². The lowest BCUT2D eigenvalue weighted by molar-refractivity contribution is -0.147. The standard InChI is InChI=1S/C17H16F7N3O3S/c1-8-5-10(3-4-11(8)18)25-16(28)15-14(21)12(6-27(15)7-13(19)20)31(29,30)26-9(2)17(22,23)24/h3-6,9,13,26H,7H2,1-2H3,(H,25,28)/t9-/m1/s1. The Balaban J connectivity index is 2.48. The molecule has 0 aliphatic heterocycles. The van der Waals surface area contributed by atoms with E-state index in [0.29, 0.717) is 13.1 Å². The summed E-state index contributed by atoms with van der Waals surface area (Å²) in [7, 11) is -5.17. The lowest BCUT2D eigenvalue weighted by Gasteiger charge is -2.16. The molecule has 1 amide bonds. The SMILES string of the molecule is Cc1cc(NC(=O)c2c(F)c(S(=O)(=O)N[C@H](C)C(F)(F)F)cn2CC(F)F)ccc1F. The molecule has 0 bridgehead atoms. The smallest absolute Gasteiger partial charge is 0.334 e. The molecule has 1 atom stereocenters. The number of amides is 1. The molecule has 0 unspecified atom stereocenters. The van der Waals surface area contributed by atoms with Gasteiger partial charge in [-0.15, -0.1) is 0 Å². The number of aryl methyl sites for hydroxylation is 1. The summed E-state index contributed by atoms with van der Waals surface area (Å²) < 4.78 is 118. The number of benzene rings is 1. The van der Waals surface area contributed by atoms with E-state index in [9.17, 15) is 43.9 Å². The lowest BCUT2D eigenvalue weighted by Crippen LogP contribution is -2.43.